The molecule has 0 amide bonds. The van der Waals surface area contributed by atoms with Crippen molar-refractivity contribution >= 4 is 10.8 Å². The van der Waals surface area contributed by atoms with Crippen molar-refractivity contribution in [3.63, 3.8) is 0 Å². The molecule has 0 nitrogen and oxygen atoms in total. The maximum absolute atomic E-state index is 15.1. The van der Waals surface area contributed by atoms with Crippen molar-refractivity contribution in [3.8, 4) is 22.3 Å². The number of benzene rings is 4. The van der Waals surface area contributed by atoms with Crippen LogP contribution in [0.5, 0.6) is 0 Å². The standard InChI is InChI=1S/C25H17F5/c1-2-3-14-4-7-19-15(10-14)6-9-20(24(19)29)16-5-8-18(21(26)11-16)17-12-22(27)25(30)23(28)13-17/h4-13H,2-3H2,1H3. The molecule has 0 spiro atoms. The van der Waals surface area contributed by atoms with Gasteiger partial charge in [-0.25, -0.2) is 22.0 Å². The minimum Gasteiger partial charge on any atom is -0.206 e. The third-order valence-electron chi connectivity index (χ3n) is 5.13. The second-order valence-corrected chi connectivity index (χ2v) is 7.18. The van der Waals surface area contributed by atoms with Crippen molar-refractivity contribution in [1.82, 2.24) is 0 Å². The Hall–Kier alpha value is -3.21. The van der Waals surface area contributed by atoms with E-state index in [1.807, 2.05) is 12.1 Å². The number of fused-ring (bicyclic) bond motifs is 1. The highest BCUT2D eigenvalue weighted by Crippen LogP contribution is 2.33. The number of hydrogen-bond donors (Lipinski definition) is 0. The van der Waals surface area contributed by atoms with Gasteiger partial charge < -0.3 is 0 Å². The van der Waals surface area contributed by atoms with E-state index in [0.29, 0.717) is 5.39 Å². The van der Waals surface area contributed by atoms with Crippen LogP contribution in [-0.4, -0.2) is 0 Å². The predicted octanol–water partition coefficient (Wildman–Crippen LogP) is 7.82. The van der Waals surface area contributed by atoms with Crippen molar-refractivity contribution in [1.29, 1.82) is 0 Å². The highest BCUT2D eigenvalue weighted by atomic mass is 19.2. The summed E-state index contributed by atoms with van der Waals surface area (Å²) in [4.78, 5) is 0. The Morgan fingerprint density at radius 2 is 1.27 bits per heavy atom. The summed E-state index contributed by atoms with van der Waals surface area (Å²) >= 11 is 0. The van der Waals surface area contributed by atoms with E-state index in [1.54, 1.807) is 18.2 Å². The lowest BCUT2D eigenvalue weighted by atomic mass is 9.96. The lowest BCUT2D eigenvalue weighted by Crippen LogP contribution is -1.94. The van der Waals surface area contributed by atoms with E-state index in [2.05, 4.69) is 6.92 Å². The molecule has 0 heterocycles. The van der Waals surface area contributed by atoms with Gasteiger partial charge in [0.15, 0.2) is 17.5 Å². The molecule has 4 aromatic rings. The zero-order valence-corrected chi connectivity index (χ0v) is 16.1. The Bertz CT molecular complexity index is 1240. The smallest absolute Gasteiger partial charge is 0.194 e. The van der Waals surface area contributed by atoms with E-state index in [9.17, 15) is 17.6 Å². The summed E-state index contributed by atoms with van der Waals surface area (Å²) in [6.07, 6.45) is 1.89. The van der Waals surface area contributed by atoms with E-state index in [1.165, 1.54) is 12.1 Å². The third-order valence-corrected chi connectivity index (χ3v) is 5.13. The highest BCUT2D eigenvalue weighted by Gasteiger charge is 2.16. The lowest BCUT2D eigenvalue weighted by molar-refractivity contribution is 0.447. The van der Waals surface area contributed by atoms with Gasteiger partial charge in [-0.15, -0.1) is 0 Å². The molecule has 0 aliphatic heterocycles. The van der Waals surface area contributed by atoms with E-state index in [0.717, 1.165) is 42.0 Å². The van der Waals surface area contributed by atoms with Crippen LogP contribution in [0.1, 0.15) is 18.9 Å². The van der Waals surface area contributed by atoms with Gasteiger partial charge in [-0.05, 0) is 46.7 Å². The van der Waals surface area contributed by atoms with Gasteiger partial charge in [-0.1, -0.05) is 55.8 Å². The van der Waals surface area contributed by atoms with Crippen LogP contribution in [0.3, 0.4) is 0 Å². The van der Waals surface area contributed by atoms with E-state index >= 15 is 4.39 Å². The number of rotatable bonds is 4. The molecule has 152 valence electrons. The van der Waals surface area contributed by atoms with Crippen LogP contribution >= 0.6 is 0 Å². The molecule has 0 unspecified atom stereocenters. The molecule has 5 heteroatoms. The van der Waals surface area contributed by atoms with Crippen LogP contribution in [0.2, 0.25) is 0 Å². The fraction of sp³-hybridized carbons (Fsp3) is 0.120. The molecule has 0 radical (unpaired) electrons. The first-order chi connectivity index (χ1) is 14.4. The summed E-state index contributed by atoms with van der Waals surface area (Å²) in [5.41, 5.74) is 1.37. The fourth-order valence-corrected chi connectivity index (χ4v) is 3.64. The summed E-state index contributed by atoms with van der Waals surface area (Å²) in [6, 6.07) is 14.2. The summed E-state index contributed by atoms with van der Waals surface area (Å²) in [6.45, 7) is 2.07. The quantitative estimate of drug-likeness (QED) is 0.237. The molecule has 0 aliphatic rings. The molecule has 4 rings (SSSR count). The minimum absolute atomic E-state index is 0.109. The van der Waals surface area contributed by atoms with E-state index in [4.69, 9.17) is 0 Å². The van der Waals surface area contributed by atoms with Crippen LogP contribution in [0.25, 0.3) is 33.0 Å². The molecule has 0 saturated carbocycles. The molecule has 0 N–H and O–H groups in total. The topological polar surface area (TPSA) is 0 Å². The van der Waals surface area contributed by atoms with Crippen LogP contribution in [0.4, 0.5) is 22.0 Å². The van der Waals surface area contributed by atoms with Crippen LogP contribution < -0.4 is 0 Å². The maximum atomic E-state index is 15.1. The monoisotopic (exact) mass is 412 g/mol. The van der Waals surface area contributed by atoms with Gasteiger partial charge in [0.2, 0.25) is 0 Å². The number of hydrogen-bond acceptors (Lipinski definition) is 0. The zero-order chi connectivity index (χ0) is 21.4. The second-order valence-electron chi connectivity index (χ2n) is 7.18. The lowest BCUT2D eigenvalue weighted by Gasteiger charge is -2.11. The first-order valence-electron chi connectivity index (χ1n) is 9.55. The molecule has 0 saturated heterocycles. The molecule has 0 aromatic heterocycles. The maximum Gasteiger partial charge on any atom is 0.194 e. The van der Waals surface area contributed by atoms with Gasteiger partial charge in [-0.2, -0.15) is 0 Å². The zero-order valence-electron chi connectivity index (χ0n) is 16.1. The van der Waals surface area contributed by atoms with Crippen molar-refractivity contribution in [2.24, 2.45) is 0 Å². The van der Waals surface area contributed by atoms with Crippen molar-refractivity contribution in [2.75, 3.05) is 0 Å². The first kappa shape index (κ1) is 20.1. The fourth-order valence-electron chi connectivity index (χ4n) is 3.64. The Morgan fingerprint density at radius 1 is 0.600 bits per heavy atom. The Morgan fingerprint density at radius 3 is 1.93 bits per heavy atom. The highest BCUT2D eigenvalue weighted by molar-refractivity contribution is 5.89. The molecule has 30 heavy (non-hydrogen) atoms. The predicted molar refractivity (Wildman–Crippen MR) is 109 cm³/mol. The summed E-state index contributed by atoms with van der Waals surface area (Å²) < 4.78 is 70.0. The molecule has 4 aromatic carbocycles. The first-order valence-corrected chi connectivity index (χ1v) is 9.55. The average Bonchev–Trinajstić information content (AvgIpc) is 2.72. The Balaban J connectivity index is 1.76. The third kappa shape index (κ3) is 3.56. The van der Waals surface area contributed by atoms with Crippen molar-refractivity contribution in [2.45, 2.75) is 19.8 Å². The van der Waals surface area contributed by atoms with Gasteiger partial charge in [0.25, 0.3) is 0 Å². The van der Waals surface area contributed by atoms with E-state index < -0.39 is 29.1 Å². The van der Waals surface area contributed by atoms with Gasteiger partial charge in [0.1, 0.15) is 11.6 Å². The largest absolute Gasteiger partial charge is 0.206 e. The van der Waals surface area contributed by atoms with Crippen molar-refractivity contribution < 1.29 is 22.0 Å². The van der Waals surface area contributed by atoms with Gasteiger partial charge >= 0.3 is 0 Å². The minimum atomic E-state index is -1.61. The summed E-state index contributed by atoms with van der Waals surface area (Å²) in [5, 5.41) is 1.19. The van der Waals surface area contributed by atoms with E-state index in [-0.39, 0.29) is 22.3 Å². The van der Waals surface area contributed by atoms with Gasteiger partial charge in [0.05, 0.1) is 0 Å². The molecule has 0 atom stereocenters. The molecular weight excluding hydrogens is 395 g/mol. The van der Waals surface area contributed by atoms with Crippen LogP contribution in [0.15, 0.2) is 60.7 Å². The number of aryl methyl sites for hydroxylation is 1. The molecule has 0 fully saturated rings. The second kappa shape index (κ2) is 7.90. The number of halogens is 5. The van der Waals surface area contributed by atoms with Gasteiger partial charge in [-0.3, -0.25) is 0 Å². The van der Waals surface area contributed by atoms with Crippen molar-refractivity contribution in [3.05, 3.63) is 95.3 Å². The normalized spacial score (nSPS) is 11.3. The molecular formula is C25H17F5. The van der Waals surface area contributed by atoms with Crippen LogP contribution in [0, 0.1) is 29.1 Å². The van der Waals surface area contributed by atoms with Crippen LogP contribution in [-0.2, 0) is 6.42 Å². The molecule has 0 bridgehead atoms. The summed E-state index contributed by atoms with van der Waals surface area (Å²) in [7, 11) is 0. The Labute approximate surface area is 170 Å². The molecule has 0 aliphatic carbocycles. The average molecular weight is 412 g/mol. The summed E-state index contributed by atoms with van der Waals surface area (Å²) in [5.74, 6) is -5.69. The SMILES string of the molecule is CCCc1ccc2c(F)c(-c3ccc(-c4cc(F)c(F)c(F)c4)c(F)c3)ccc2c1. The Kier molecular flexibility index (Phi) is 5.29. The van der Waals surface area contributed by atoms with Gasteiger partial charge in [0, 0.05) is 16.5 Å².